The van der Waals surface area contributed by atoms with Crippen molar-refractivity contribution in [2.75, 3.05) is 17.7 Å². The predicted octanol–water partition coefficient (Wildman–Crippen LogP) is 3.54. The van der Waals surface area contributed by atoms with E-state index in [1.165, 1.54) is 12.3 Å². The molecule has 3 amide bonds. The van der Waals surface area contributed by atoms with Gasteiger partial charge in [0.2, 0.25) is 5.91 Å². The molecular weight excluding hydrogens is 370 g/mol. The second kappa shape index (κ2) is 9.18. The average molecular weight is 389 g/mol. The van der Waals surface area contributed by atoms with Crippen LogP contribution < -0.4 is 16.0 Å². The summed E-state index contributed by atoms with van der Waals surface area (Å²) >= 11 is 0. The molecule has 2 aromatic carbocycles. The lowest BCUT2D eigenvalue weighted by Gasteiger charge is -2.06. The van der Waals surface area contributed by atoms with E-state index in [1.807, 2.05) is 0 Å². The second-order valence-corrected chi connectivity index (χ2v) is 6.03. The summed E-state index contributed by atoms with van der Waals surface area (Å²) in [5, 5.41) is 7.99. The minimum atomic E-state index is -0.350. The maximum atomic E-state index is 12.1. The molecule has 1 aromatic heterocycles. The molecule has 7 nitrogen and oxygen atoms in total. The van der Waals surface area contributed by atoms with E-state index in [9.17, 15) is 14.4 Å². The third-order valence-corrected chi connectivity index (χ3v) is 3.98. The van der Waals surface area contributed by atoms with Crippen molar-refractivity contribution in [3.63, 3.8) is 0 Å². The molecular formula is C22H19N3O4. The largest absolute Gasteiger partial charge is 0.459 e. The third-order valence-electron chi connectivity index (χ3n) is 3.98. The molecule has 3 rings (SSSR count). The zero-order valence-corrected chi connectivity index (χ0v) is 15.6. The van der Waals surface area contributed by atoms with Gasteiger partial charge in [0.1, 0.15) is 0 Å². The van der Waals surface area contributed by atoms with E-state index in [1.54, 1.807) is 73.8 Å². The smallest absolute Gasteiger partial charge is 0.291 e. The van der Waals surface area contributed by atoms with Crippen molar-refractivity contribution in [2.45, 2.75) is 0 Å². The van der Waals surface area contributed by atoms with Crippen LogP contribution in [-0.4, -0.2) is 24.8 Å². The summed E-state index contributed by atoms with van der Waals surface area (Å²) in [5.74, 6) is -0.595. The van der Waals surface area contributed by atoms with E-state index in [-0.39, 0.29) is 23.5 Å². The zero-order chi connectivity index (χ0) is 20.6. The number of rotatable bonds is 6. The van der Waals surface area contributed by atoms with Gasteiger partial charge in [-0.25, -0.2) is 0 Å². The molecule has 1 heterocycles. The Morgan fingerprint density at radius 1 is 0.828 bits per heavy atom. The van der Waals surface area contributed by atoms with Crippen molar-refractivity contribution in [3.05, 3.63) is 89.9 Å². The molecule has 0 fully saturated rings. The van der Waals surface area contributed by atoms with E-state index < -0.39 is 0 Å². The molecule has 0 bridgehead atoms. The summed E-state index contributed by atoms with van der Waals surface area (Å²) in [7, 11) is 1.57. The van der Waals surface area contributed by atoms with Gasteiger partial charge in [0.05, 0.1) is 6.26 Å². The molecule has 29 heavy (non-hydrogen) atoms. The van der Waals surface area contributed by atoms with Gasteiger partial charge in [0, 0.05) is 30.1 Å². The number of carbonyl (C=O) groups is 3. The van der Waals surface area contributed by atoms with E-state index in [4.69, 9.17) is 4.42 Å². The highest BCUT2D eigenvalue weighted by atomic mass is 16.3. The normalized spacial score (nSPS) is 10.5. The first kappa shape index (κ1) is 19.6. The van der Waals surface area contributed by atoms with Crippen molar-refractivity contribution in [1.82, 2.24) is 5.32 Å². The van der Waals surface area contributed by atoms with Gasteiger partial charge < -0.3 is 20.4 Å². The molecule has 0 atom stereocenters. The van der Waals surface area contributed by atoms with Crippen LogP contribution >= 0.6 is 0 Å². The maximum absolute atomic E-state index is 12.1. The van der Waals surface area contributed by atoms with Gasteiger partial charge in [-0.05, 0) is 60.2 Å². The van der Waals surface area contributed by atoms with Gasteiger partial charge in [-0.15, -0.1) is 0 Å². The van der Waals surface area contributed by atoms with E-state index in [0.717, 1.165) is 5.56 Å². The lowest BCUT2D eigenvalue weighted by atomic mass is 10.1. The minimum absolute atomic E-state index is 0.165. The highest BCUT2D eigenvalue weighted by Gasteiger charge is 2.08. The highest BCUT2D eigenvalue weighted by Crippen LogP contribution is 2.15. The van der Waals surface area contributed by atoms with E-state index >= 15 is 0 Å². The van der Waals surface area contributed by atoms with Crippen molar-refractivity contribution in [2.24, 2.45) is 0 Å². The predicted molar refractivity (Wildman–Crippen MR) is 111 cm³/mol. The number of hydrogen-bond acceptors (Lipinski definition) is 4. The van der Waals surface area contributed by atoms with Gasteiger partial charge in [-0.3, -0.25) is 14.4 Å². The Morgan fingerprint density at radius 3 is 2.07 bits per heavy atom. The first-order chi connectivity index (χ1) is 14.0. The first-order valence-electron chi connectivity index (χ1n) is 8.81. The summed E-state index contributed by atoms with van der Waals surface area (Å²) in [5.41, 5.74) is 2.51. The molecule has 146 valence electrons. The van der Waals surface area contributed by atoms with Crippen LogP contribution in [0.5, 0.6) is 0 Å². The Labute approximate surface area is 167 Å². The van der Waals surface area contributed by atoms with Gasteiger partial charge in [-0.2, -0.15) is 0 Å². The average Bonchev–Trinajstić information content (AvgIpc) is 3.28. The Kier molecular flexibility index (Phi) is 6.22. The van der Waals surface area contributed by atoms with Crippen molar-refractivity contribution in [1.29, 1.82) is 0 Å². The summed E-state index contributed by atoms with van der Waals surface area (Å²) in [6.45, 7) is 0. The van der Waals surface area contributed by atoms with E-state index in [2.05, 4.69) is 16.0 Å². The molecule has 0 aliphatic heterocycles. The van der Waals surface area contributed by atoms with Crippen LogP contribution in [0.4, 0.5) is 11.4 Å². The molecule has 0 unspecified atom stereocenters. The molecule has 7 heteroatoms. The SMILES string of the molecule is CNC(=O)c1ccc(/C=C/C(=O)Nc2ccc(NC(=O)c3ccco3)cc2)cc1. The van der Waals surface area contributed by atoms with Crippen LogP contribution in [0.1, 0.15) is 26.5 Å². The standard InChI is InChI=1S/C22H19N3O4/c1-23-21(27)16-7-4-15(5-8-16)6-13-20(26)24-17-9-11-18(12-10-17)25-22(28)19-3-2-14-29-19/h2-14H,1H3,(H,23,27)(H,24,26)(H,25,28)/b13-6+. The topological polar surface area (TPSA) is 100 Å². The molecule has 0 aliphatic carbocycles. The number of hydrogen-bond donors (Lipinski definition) is 3. The van der Waals surface area contributed by atoms with Gasteiger partial charge in [-0.1, -0.05) is 12.1 Å². The lowest BCUT2D eigenvalue weighted by molar-refractivity contribution is -0.111. The maximum Gasteiger partial charge on any atom is 0.291 e. The Bertz CT molecular complexity index is 1020. The van der Waals surface area contributed by atoms with Crippen LogP contribution in [0.25, 0.3) is 6.08 Å². The number of furan rings is 1. The quantitative estimate of drug-likeness (QED) is 0.561. The van der Waals surface area contributed by atoms with Gasteiger partial charge >= 0.3 is 0 Å². The molecule has 3 N–H and O–H groups in total. The summed E-state index contributed by atoms with van der Waals surface area (Å²) in [4.78, 5) is 35.5. The van der Waals surface area contributed by atoms with Crippen molar-refractivity contribution in [3.8, 4) is 0 Å². The Balaban J connectivity index is 1.54. The summed E-state index contributed by atoms with van der Waals surface area (Å²) < 4.78 is 5.03. The zero-order valence-electron chi connectivity index (χ0n) is 15.6. The molecule has 3 aromatic rings. The first-order valence-corrected chi connectivity index (χ1v) is 8.81. The second-order valence-electron chi connectivity index (χ2n) is 6.03. The van der Waals surface area contributed by atoms with Crippen LogP contribution in [0, 0.1) is 0 Å². The number of nitrogens with one attached hydrogen (secondary N) is 3. The van der Waals surface area contributed by atoms with Gasteiger partial charge in [0.15, 0.2) is 5.76 Å². The highest BCUT2D eigenvalue weighted by molar-refractivity contribution is 6.03. The monoisotopic (exact) mass is 389 g/mol. The molecule has 0 aliphatic rings. The minimum Gasteiger partial charge on any atom is -0.459 e. The van der Waals surface area contributed by atoms with Crippen molar-refractivity contribution >= 4 is 35.2 Å². The Morgan fingerprint density at radius 2 is 1.48 bits per heavy atom. The van der Waals surface area contributed by atoms with Gasteiger partial charge in [0.25, 0.3) is 11.8 Å². The Hall–Kier alpha value is -4.13. The molecule has 0 radical (unpaired) electrons. The number of carbonyl (C=O) groups excluding carboxylic acids is 3. The third kappa shape index (κ3) is 5.43. The van der Waals surface area contributed by atoms with Crippen LogP contribution in [0.2, 0.25) is 0 Å². The fraction of sp³-hybridized carbons (Fsp3) is 0.0455. The van der Waals surface area contributed by atoms with Crippen LogP contribution in [0.15, 0.2) is 77.4 Å². The lowest BCUT2D eigenvalue weighted by Crippen LogP contribution is -2.17. The molecule has 0 saturated carbocycles. The van der Waals surface area contributed by atoms with Crippen molar-refractivity contribution < 1.29 is 18.8 Å². The fourth-order valence-corrected chi connectivity index (χ4v) is 2.48. The fourth-order valence-electron chi connectivity index (χ4n) is 2.48. The number of amides is 3. The van der Waals surface area contributed by atoms with Crippen LogP contribution in [0.3, 0.4) is 0 Å². The molecule has 0 saturated heterocycles. The summed E-state index contributed by atoms with van der Waals surface area (Å²) in [6.07, 6.45) is 4.49. The van der Waals surface area contributed by atoms with Crippen LogP contribution in [-0.2, 0) is 4.79 Å². The molecule has 0 spiro atoms. The summed E-state index contributed by atoms with van der Waals surface area (Å²) in [6, 6.07) is 16.8. The number of benzene rings is 2. The number of anilines is 2. The van der Waals surface area contributed by atoms with E-state index in [0.29, 0.717) is 16.9 Å².